The molecule has 2 aromatic carbocycles. The number of nitrogens with one attached hydrogen (secondary N) is 2. The molecule has 4 rings (SSSR count). The zero-order chi connectivity index (χ0) is 22.5. The molecule has 6 heteroatoms. The summed E-state index contributed by atoms with van der Waals surface area (Å²) < 4.78 is 5.40. The lowest BCUT2D eigenvalue weighted by Crippen LogP contribution is -2.49. The molecule has 2 heterocycles. The van der Waals surface area contributed by atoms with Crippen LogP contribution in [0.15, 0.2) is 65.9 Å². The van der Waals surface area contributed by atoms with Crippen LogP contribution >= 0.6 is 0 Å². The number of ether oxygens (including phenoxy) is 1. The van der Waals surface area contributed by atoms with E-state index in [9.17, 15) is 9.59 Å². The van der Waals surface area contributed by atoms with Crippen LogP contribution < -0.4 is 10.6 Å². The fourth-order valence-electron chi connectivity index (χ4n) is 4.62. The molecular weight excluding hydrogens is 402 g/mol. The molecule has 0 aromatic heterocycles. The average molecular weight is 434 g/mol. The maximum atomic E-state index is 13.0. The molecule has 32 heavy (non-hydrogen) atoms. The van der Waals surface area contributed by atoms with E-state index < -0.39 is 12.0 Å². The number of hydrogen-bond acceptors (Lipinski definition) is 4. The average Bonchev–Trinajstić information content (AvgIpc) is 2.80. The highest BCUT2D eigenvalue weighted by Crippen LogP contribution is 2.31. The SMILES string of the molecule is CCOC(=O)C1=C(CN2CCC[C@@H](c3ccccc3)C2)NC(=O)N[C@H]1c1ccc(C)cc1. The number of carbonyl (C=O) groups is 2. The third-order valence-electron chi connectivity index (χ3n) is 6.22. The lowest BCUT2D eigenvalue weighted by atomic mass is 9.90. The van der Waals surface area contributed by atoms with Gasteiger partial charge in [0.05, 0.1) is 18.2 Å². The number of esters is 1. The highest BCUT2D eigenvalue weighted by molar-refractivity contribution is 5.95. The normalized spacial score (nSPS) is 21.6. The molecule has 1 fully saturated rings. The minimum atomic E-state index is -0.534. The third kappa shape index (κ3) is 5.02. The Bertz CT molecular complexity index is 985. The van der Waals surface area contributed by atoms with Gasteiger partial charge in [-0.25, -0.2) is 9.59 Å². The first-order chi connectivity index (χ1) is 15.5. The van der Waals surface area contributed by atoms with Gasteiger partial charge in [0.15, 0.2) is 0 Å². The van der Waals surface area contributed by atoms with E-state index >= 15 is 0 Å². The number of rotatable bonds is 6. The number of benzene rings is 2. The van der Waals surface area contributed by atoms with Gasteiger partial charge in [0.2, 0.25) is 0 Å². The Balaban J connectivity index is 1.63. The van der Waals surface area contributed by atoms with Crippen LogP contribution in [-0.2, 0) is 9.53 Å². The Morgan fingerprint density at radius 2 is 1.84 bits per heavy atom. The molecule has 0 spiro atoms. The van der Waals surface area contributed by atoms with Crippen molar-refractivity contribution in [2.75, 3.05) is 26.2 Å². The Morgan fingerprint density at radius 3 is 2.56 bits per heavy atom. The van der Waals surface area contributed by atoms with Crippen molar-refractivity contribution in [2.24, 2.45) is 0 Å². The van der Waals surface area contributed by atoms with Crippen LogP contribution in [0.4, 0.5) is 4.79 Å². The van der Waals surface area contributed by atoms with Crippen molar-refractivity contribution in [1.29, 1.82) is 0 Å². The van der Waals surface area contributed by atoms with Crippen LogP contribution in [0, 0.1) is 6.92 Å². The van der Waals surface area contributed by atoms with E-state index in [4.69, 9.17) is 4.74 Å². The summed E-state index contributed by atoms with van der Waals surface area (Å²) >= 11 is 0. The molecule has 0 bridgehead atoms. The monoisotopic (exact) mass is 433 g/mol. The van der Waals surface area contributed by atoms with Gasteiger partial charge in [-0.15, -0.1) is 0 Å². The summed E-state index contributed by atoms with van der Waals surface area (Å²) in [5.41, 5.74) is 4.44. The summed E-state index contributed by atoms with van der Waals surface area (Å²) in [6, 6.07) is 17.6. The molecule has 0 unspecified atom stereocenters. The van der Waals surface area contributed by atoms with Gasteiger partial charge in [-0.2, -0.15) is 0 Å². The maximum Gasteiger partial charge on any atom is 0.338 e. The van der Waals surface area contributed by atoms with E-state index in [-0.39, 0.29) is 12.6 Å². The van der Waals surface area contributed by atoms with Gasteiger partial charge < -0.3 is 15.4 Å². The van der Waals surface area contributed by atoms with Crippen molar-refractivity contribution in [2.45, 2.75) is 38.6 Å². The molecule has 1 saturated heterocycles. The Kier molecular flexibility index (Phi) is 6.90. The predicted molar refractivity (Wildman–Crippen MR) is 124 cm³/mol. The zero-order valence-corrected chi connectivity index (χ0v) is 18.8. The van der Waals surface area contributed by atoms with Gasteiger partial charge in [-0.1, -0.05) is 60.2 Å². The molecule has 2 amide bonds. The largest absolute Gasteiger partial charge is 0.463 e. The molecule has 0 radical (unpaired) electrons. The van der Waals surface area contributed by atoms with E-state index in [1.54, 1.807) is 6.92 Å². The first kappa shape index (κ1) is 22.1. The first-order valence-electron chi connectivity index (χ1n) is 11.4. The highest BCUT2D eigenvalue weighted by Gasteiger charge is 2.35. The first-order valence-corrected chi connectivity index (χ1v) is 11.4. The lowest BCUT2D eigenvalue weighted by molar-refractivity contribution is -0.139. The van der Waals surface area contributed by atoms with Crippen molar-refractivity contribution in [1.82, 2.24) is 15.5 Å². The minimum absolute atomic E-state index is 0.282. The van der Waals surface area contributed by atoms with Crippen molar-refractivity contribution in [3.05, 3.63) is 82.6 Å². The van der Waals surface area contributed by atoms with Gasteiger partial charge in [0.25, 0.3) is 0 Å². The van der Waals surface area contributed by atoms with Crippen molar-refractivity contribution in [3.8, 4) is 0 Å². The third-order valence-corrected chi connectivity index (χ3v) is 6.22. The Labute approximate surface area is 189 Å². The summed E-state index contributed by atoms with van der Waals surface area (Å²) in [5.74, 6) is 0.0547. The van der Waals surface area contributed by atoms with Crippen LogP contribution in [0.2, 0.25) is 0 Å². The van der Waals surface area contributed by atoms with E-state index in [0.717, 1.165) is 37.1 Å². The van der Waals surface area contributed by atoms with Crippen LogP contribution in [-0.4, -0.2) is 43.1 Å². The van der Waals surface area contributed by atoms with Crippen LogP contribution in [0.25, 0.3) is 0 Å². The molecule has 2 aromatic rings. The number of amides is 2. The molecule has 0 aliphatic carbocycles. The number of aryl methyl sites for hydroxylation is 1. The lowest BCUT2D eigenvalue weighted by Gasteiger charge is -2.36. The Hall–Kier alpha value is -3.12. The minimum Gasteiger partial charge on any atom is -0.463 e. The summed E-state index contributed by atoms with van der Waals surface area (Å²) in [7, 11) is 0. The number of piperidine rings is 1. The Morgan fingerprint density at radius 1 is 1.09 bits per heavy atom. The highest BCUT2D eigenvalue weighted by atomic mass is 16.5. The number of hydrogen-bond donors (Lipinski definition) is 2. The standard InChI is InChI=1S/C26H31N3O3/c1-3-32-25(30)23-22(27-26(31)28-24(23)20-13-11-18(2)12-14-20)17-29-15-7-10-21(16-29)19-8-5-4-6-9-19/h4-6,8-9,11-14,21,24H,3,7,10,15-17H2,1-2H3,(H2,27,28,31)/t21-,24+/m1/s1. The van der Waals surface area contributed by atoms with Gasteiger partial charge >= 0.3 is 12.0 Å². The molecule has 2 aliphatic heterocycles. The van der Waals surface area contributed by atoms with Crippen molar-refractivity contribution >= 4 is 12.0 Å². The second-order valence-corrected chi connectivity index (χ2v) is 8.54. The second-order valence-electron chi connectivity index (χ2n) is 8.54. The molecule has 168 valence electrons. The second kappa shape index (κ2) is 10.0. The van der Waals surface area contributed by atoms with Crippen LogP contribution in [0.1, 0.15) is 48.4 Å². The maximum absolute atomic E-state index is 13.0. The quantitative estimate of drug-likeness (QED) is 0.675. The fourth-order valence-corrected chi connectivity index (χ4v) is 4.62. The van der Waals surface area contributed by atoms with Gasteiger partial charge in [-0.05, 0) is 50.3 Å². The van der Waals surface area contributed by atoms with E-state index in [1.165, 1.54) is 5.56 Å². The van der Waals surface area contributed by atoms with Gasteiger partial charge in [0.1, 0.15) is 0 Å². The number of carbonyl (C=O) groups excluding carboxylic acids is 2. The number of urea groups is 1. The smallest absolute Gasteiger partial charge is 0.338 e. The molecule has 2 N–H and O–H groups in total. The summed E-state index contributed by atoms with van der Waals surface area (Å²) in [6.07, 6.45) is 2.22. The number of nitrogens with zero attached hydrogens (tertiary/aromatic N) is 1. The summed E-state index contributed by atoms with van der Waals surface area (Å²) in [5, 5.41) is 5.82. The predicted octanol–water partition coefficient (Wildman–Crippen LogP) is 4.05. The van der Waals surface area contributed by atoms with E-state index in [0.29, 0.717) is 23.7 Å². The van der Waals surface area contributed by atoms with Gasteiger partial charge in [-0.3, -0.25) is 4.90 Å². The fraction of sp³-hybridized carbons (Fsp3) is 0.385. The topological polar surface area (TPSA) is 70.7 Å². The number of likely N-dealkylation sites (tertiary alicyclic amines) is 1. The van der Waals surface area contributed by atoms with Crippen molar-refractivity contribution in [3.63, 3.8) is 0 Å². The molecule has 2 aliphatic rings. The zero-order valence-electron chi connectivity index (χ0n) is 18.8. The van der Waals surface area contributed by atoms with E-state index in [1.807, 2.05) is 37.3 Å². The molecule has 6 nitrogen and oxygen atoms in total. The van der Waals surface area contributed by atoms with Crippen LogP contribution in [0.5, 0.6) is 0 Å². The van der Waals surface area contributed by atoms with Crippen LogP contribution in [0.3, 0.4) is 0 Å². The molecule has 0 saturated carbocycles. The van der Waals surface area contributed by atoms with E-state index in [2.05, 4.69) is 39.8 Å². The summed E-state index contributed by atoms with van der Waals surface area (Å²) in [6.45, 7) is 6.42. The molecular formula is C26H31N3O3. The summed E-state index contributed by atoms with van der Waals surface area (Å²) in [4.78, 5) is 27.9. The van der Waals surface area contributed by atoms with Crippen molar-refractivity contribution < 1.29 is 14.3 Å². The molecule has 2 atom stereocenters. The van der Waals surface area contributed by atoms with Gasteiger partial charge in [0, 0.05) is 18.8 Å².